The average Bonchev–Trinajstić information content (AvgIpc) is 2.35. The van der Waals surface area contributed by atoms with Gasteiger partial charge >= 0.3 is 0 Å². The van der Waals surface area contributed by atoms with Crippen LogP contribution in [0.2, 0.25) is 0 Å². The number of alkyl halides is 1. The molecular formula is C14H11ClF2O. The van der Waals surface area contributed by atoms with Crippen LogP contribution in [0, 0.1) is 18.6 Å². The van der Waals surface area contributed by atoms with Crippen molar-refractivity contribution in [3.05, 3.63) is 59.2 Å². The fourth-order valence-corrected chi connectivity index (χ4v) is 1.68. The van der Waals surface area contributed by atoms with Crippen LogP contribution < -0.4 is 4.74 Å². The Kier molecular flexibility index (Phi) is 3.82. The molecule has 0 spiro atoms. The highest BCUT2D eigenvalue weighted by Crippen LogP contribution is 2.28. The van der Waals surface area contributed by atoms with Gasteiger partial charge in [-0.15, -0.1) is 11.6 Å². The van der Waals surface area contributed by atoms with Gasteiger partial charge in [0.1, 0.15) is 11.6 Å². The lowest BCUT2D eigenvalue weighted by Crippen LogP contribution is -1.92. The molecule has 0 aliphatic heterocycles. The largest absolute Gasteiger partial charge is 0.454 e. The van der Waals surface area contributed by atoms with Crippen molar-refractivity contribution in [1.29, 1.82) is 0 Å². The van der Waals surface area contributed by atoms with Gasteiger partial charge in [0.2, 0.25) is 0 Å². The minimum absolute atomic E-state index is 0.00813. The topological polar surface area (TPSA) is 9.23 Å². The Hall–Kier alpha value is -1.61. The van der Waals surface area contributed by atoms with E-state index in [1.54, 1.807) is 6.07 Å². The van der Waals surface area contributed by atoms with Crippen LogP contribution in [-0.4, -0.2) is 0 Å². The minimum Gasteiger partial charge on any atom is -0.454 e. The SMILES string of the molecule is Cc1ccc(CCl)cc1Oc1ccc(F)cc1F. The van der Waals surface area contributed by atoms with Crippen molar-refractivity contribution >= 4 is 11.6 Å². The fraction of sp³-hybridized carbons (Fsp3) is 0.143. The Morgan fingerprint density at radius 3 is 2.50 bits per heavy atom. The molecule has 18 heavy (non-hydrogen) atoms. The summed E-state index contributed by atoms with van der Waals surface area (Å²) in [5, 5.41) is 0. The van der Waals surface area contributed by atoms with E-state index >= 15 is 0 Å². The van der Waals surface area contributed by atoms with Gasteiger partial charge in [-0.25, -0.2) is 8.78 Å². The summed E-state index contributed by atoms with van der Waals surface area (Å²) in [6.45, 7) is 1.84. The van der Waals surface area contributed by atoms with Gasteiger partial charge in [-0.1, -0.05) is 12.1 Å². The van der Waals surface area contributed by atoms with E-state index in [4.69, 9.17) is 16.3 Å². The minimum atomic E-state index is -0.731. The third kappa shape index (κ3) is 2.79. The quantitative estimate of drug-likeness (QED) is 0.726. The van der Waals surface area contributed by atoms with Gasteiger partial charge in [-0.05, 0) is 36.2 Å². The van der Waals surface area contributed by atoms with Crippen LogP contribution in [-0.2, 0) is 5.88 Å². The molecule has 0 saturated heterocycles. The van der Waals surface area contributed by atoms with E-state index < -0.39 is 11.6 Å². The number of halogens is 3. The summed E-state index contributed by atoms with van der Waals surface area (Å²) in [4.78, 5) is 0. The normalized spacial score (nSPS) is 10.4. The van der Waals surface area contributed by atoms with Crippen molar-refractivity contribution in [1.82, 2.24) is 0 Å². The van der Waals surface area contributed by atoms with E-state index in [1.807, 2.05) is 19.1 Å². The molecule has 0 atom stereocenters. The van der Waals surface area contributed by atoms with Crippen LogP contribution in [0.4, 0.5) is 8.78 Å². The standard InChI is InChI=1S/C14H11ClF2O/c1-9-2-3-10(8-15)6-14(9)18-13-5-4-11(16)7-12(13)17/h2-7H,8H2,1H3. The average molecular weight is 269 g/mol. The molecule has 1 nitrogen and oxygen atoms in total. The zero-order valence-electron chi connectivity index (χ0n) is 9.71. The maximum absolute atomic E-state index is 13.5. The van der Waals surface area contributed by atoms with Crippen molar-refractivity contribution < 1.29 is 13.5 Å². The fourth-order valence-electron chi connectivity index (χ4n) is 1.51. The van der Waals surface area contributed by atoms with Crippen LogP contribution in [0.5, 0.6) is 11.5 Å². The Bertz CT molecular complexity index is 570. The monoisotopic (exact) mass is 268 g/mol. The maximum Gasteiger partial charge on any atom is 0.168 e. The first-order valence-corrected chi connectivity index (χ1v) is 5.92. The summed E-state index contributed by atoms with van der Waals surface area (Å²) in [6, 6.07) is 8.66. The maximum atomic E-state index is 13.5. The summed E-state index contributed by atoms with van der Waals surface area (Å²) in [5.74, 6) is -0.510. The predicted octanol–water partition coefficient (Wildman–Crippen LogP) is 4.80. The van der Waals surface area contributed by atoms with E-state index in [0.29, 0.717) is 11.6 Å². The summed E-state index contributed by atoms with van der Waals surface area (Å²) >= 11 is 5.73. The number of ether oxygens (including phenoxy) is 1. The second-order valence-electron chi connectivity index (χ2n) is 3.91. The van der Waals surface area contributed by atoms with Crippen molar-refractivity contribution in [3.8, 4) is 11.5 Å². The number of rotatable bonds is 3. The van der Waals surface area contributed by atoms with Gasteiger partial charge in [-0.3, -0.25) is 0 Å². The number of benzene rings is 2. The third-order valence-corrected chi connectivity index (χ3v) is 2.83. The molecule has 2 aromatic carbocycles. The van der Waals surface area contributed by atoms with Crippen LogP contribution in [0.25, 0.3) is 0 Å². The van der Waals surface area contributed by atoms with Crippen molar-refractivity contribution in [2.45, 2.75) is 12.8 Å². The van der Waals surface area contributed by atoms with E-state index in [9.17, 15) is 8.78 Å². The highest BCUT2D eigenvalue weighted by atomic mass is 35.5. The molecule has 4 heteroatoms. The van der Waals surface area contributed by atoms with Crippen LogP contribution in [0.3, 0.4) is 0 Å². The molecule has 0 bridgehead atoms. The highest BCUT2D eigenvalue weighted by molar-refractivity contribution is 6.17. The molecule has 0 unspecified atom stereocenters. The first-order chi connectivity index (χ1) is 8.60. The highest BCUT2D eigenvalue weighted by Gasteiger charge is 2.08. The van der Waals surface area contributed by atoms with Crippen molar-refractivity contribution in [3.63, 3.8) is 0 Å². The van der Waals surface area contributed by atoms with Gasteiger partial charge in [0.05, 0.1) is 0 Å². The lowest BCUT2D eigenvalue weighted by Gasteiger charge is -2.10. The summed E-state index contributed by atoms with van der Waals surface area (Å²) in [5.41, 5.74) is 1.73. The third-order valence-electron chi connectivity index (χ3n) is 2.52. The summed E-state index contributed by atoms with van der Waals surface area (Å²) in [7, 11) is 0. The van der Waals surface area contributed by atoms with E-state index in [-0.39, 0.29) is 5.75 Å². The Morgan fingerprint density at radius 1 is 1.06 bits per heavy atom. The molecule has 0 N–H and O–H groups in total. The molecule has 0 heterocycles. The van der Waals surface area contributed by atoms with Crippen LogP contribution in [0.1, 0.15) is 11.1 Å². The molecule has 2 rings (SSSR count). The Labute approximate surface area is 109 Å². The Balaban J connectivity index is 2.33. The van der Waals surface area contributed by atoms with Gasteiger partial charge in [0.25, 0.3) is 0 Å². The second kappa shape index (κ2) is 5.36. The summed E-state index contributed by atoms with van der Waals surface area (Å²) in [6.07, 6.45) is 0. The molecule has 0 aliphatic rings. The lowest BCUT2D eigenvalue weighted by atomic mass is 10.1. The van der Waals surface area contributed by atoms with Crippen LogP contribution in [0.15, 0.2) is 36.4 Å². The molecule has 2 aromatic rings. The van der Waals surface area contributed by atoms with E-state index in [1.165, 1.54) is 6.07 Å². The number of hydrogen-bond acceptors (Lipinski definition) is 1. The first-order valence-electron chi connectivity index (χ1n) is 5.38. The van der Waals surface area contributed by atoms with Crippen molar-refractivity contribution in [2.24, 2.45) is 0 Å². The first kappa shape index (κ1) is 12.8. The molecule has 0 amide bonds. The summed E-state index contributed by atoms with van der Waals surface area (Å²) < 4.78 is 31.7. The van der Waals surface area contributed by atoms with E-state index in [2.05, 4.69) is 0 Å². The zero-order valence-corrected chi connectivity index (χ0v) is 10.5. The van der Waals surface area contributed by atoms with Gasteiger partial charge < -0.3 is 4.74 Å². The lowest BCUT2D eigenvalue weighted by molar-refractivity contribution is 0.435. The molecule has 0 radical (unpaired) electrons. The van der Waals surface area contributed by atoms with Crippen molar-refractivity contribution in [2.75, 3.05) is 0 Å². The molecule has 0 fully saturated rings. The number of aryl methyl sites for hydroxylation is 1. The molecule has 0 saturated carbocycles. The van der Waals surface area contributed by atoms with Gasteiger partial charge in [0.15, 0.2) is 11.6 Å². The number of hydrogen-bond donors (Lipinski definition) is 0. The smallest absolute Gasteiger partial charge is 0.168 e. The predicted molar refractivity (Wildman–Crippen MR) is 67.2 cm³/mol. The molecule has 0 aliphatic carbocycles. The van der Waals surface area contributed by atoms with Gasteiger partial charge in [0, 0.05) is 11.9 Å². The van der Waals surface area contributed by atoms with Crippen LogP contribution >= 0.6 is 11.6 Å². The molecule has 94 valence electrons. The molecular weight excluding hydrogens is 258 g/mol. The Morgan fingerprint density at radius 2 is 1.83 bits per heavy atom. The molecule has 0 aromatic heterocycles. The van der Waals surface area contributed by atoms with Gasteiger partial charge in [-0.2, -0.15) is 0 Å². The second-order valence-corrected chi connectivity index (χ2v) is 4.18. The zero-order chi connectivity index (χ0) is 13.1. The van der Waals surface area contributed by atoms with E-state index in [0.717, 1.165) is 23.3 Å².